The molecule has 2 heterocycles. The largest absolute Gasteiger partial charge is 0.440 e. The molecular weight excluding hydrogens is 249 g/mol. The topological polar surface area (TPSA) is 32.8 Å². The van der Waals surface area contributed by atoms with Crippen LogP contribution in [-0.4, -0.2) is 60.9 Å². The van der Waals surface area contributed by atoms with Gasteiger partial charge in [0.1, 0.15) is 0 Å². The van der Waals surface area contributed by atoms with E-state index in [9.17, 15) is 18.0 Å². The van der Waals surface area contributed by atoms with Crippen LogP contribution in [0.25, 0.3) is 0 Å². The lowest BCUT2D eigenvalue weighted by Crippen LogP contribution is -2.38. The maximum absolute atomic E-state index is 11.9. The van der Waals surface area contributed by atoms with Crippen LogP contribution in [0.5, 0.6) is 0 Å². The number of ether oxygens (including phenoxy) is 1. The minimum atomic E-state index is -4.45. The number of halogens is 3. The van der Waals surface area contributed by atoms with Gasteiger partial charge in [0.15, 0.2) is 6.61 Å². The van der Waals surface area contributed by atoms with Crippen molar-refractivity contribution >= 4 is 6.09 Å². The van der Waals surface area contributed by atoms with Gasteiger partial charge in [-0.1, -0.05) is 0 Å². The highest BCUT2D eigenvalue weighted by Crippen LogP contribution is 2.21. The Kier molecular flexibility index (Phi) is 3.99. The molecule has 0 radical (unpaired) electrons. The summed E-state index contributed by atoms with van der Waals surface area (Å²) in [5.74, 6) is 0. The Labute approximate surface area is 104 Å². The Morgan fingerprint density at radius 1 is 1.22 bits per heavy atom. The monoisotopic (exact) mass is 266 g/mol. The first-order valence-corrected chi connectivity index (χ1v) is 6.18. The predicted molar refractivity (Wildman–Crippen MR) is 58.2 cm³/mol. The highest BCUT2D eigenvalue weighted by atomic mass is 19.4. The quantitative estimate of drug-likeness (QED) is 0.764. The lowest BCUT2D eigenvalue weighted by molar-refractivity contribution is -0.162. The van der Waals surface area contributed by atoms with Crippen LogP contribution < -0.4 is 0 Å². The second kappa shape index (κ2) is 5.34. The summed E-state index contributed by atoms with van der Waals surface area (Å²) in [5, 5.41) is 0. The third kappa shape index (κ3) is 3.51. The molecule has 2 aliphatic heterocycles. The zero-order valence-corrected chi connectivity index (χ0v) is 10.1. The molecule has 1 amide bonds. The molecule has 0 aliphatic carbocycles. The van der Waals surface area contributed by atoms with Crippen molar-refractivity contribution in [2.24, 2.45) is 0 Å². The summed E-state index contributed by atoms with van der Waals surface area (Å²) in [4.78, 5) is 15.1. The van der Waals surface area contributed by atoms with Crippen molar-refractivity contribution in [3.8, 4) is 0 Å². The van der Waals surface area contributed by atoms with Crippen molar-refractivity contribution < 1.29 is 22.7 Å². The molecule has 4 nitrogen and oxygen atoms in total. The fourth-order valence-electron chi connectivity index (χ4n) is 2.55. The molecule has 1 atom stereocenters. The van der Waals surface area contributed by atoms with Crippen molar-refractivity contribution in [1.29, 1.82) is 0 Å². The van der Waals surface area contributed by atoms with Crippen LogP contribution in [0, 0.1) is 0 Å². The van der Waals surface area contributed by atoms with E-state index in [4.69, 9.17) is 0 Å². The van der Waals surface area contributed by atoms with Crippen molar-refractivity contribution in [1.82, 2.24) is 9.80 Å². The Bertz CT molecular complexity index is 303. The average Bonchev–Trinajstić information content (AvgIpc) is 2.94. The van der Waals surface area contributed by atoms with Crippen molar-refractivity contribution in [2.45, 2.75) is 31.5 Å². The maximum atomic E-state index is 11.9. The van der Waals surface area contributed by atoms with Gasteiger partial charge in [-0.25, -0.2) is 4.79 Å². The van der Waals surface area contributed by atoms with Gasteiger partial charge >= 0.3 is 12.3 Å². The highest BCUT2D eigenvalue weighted by molar-refractivity contribution is 5.68. The van der Waals surface area contributed by atoms with Crippen LogP contribution >= 0.6 is 0 Å². The lowest BCUT2D eigenvalue weighted by atomic mass is 10.2. The van der Waals surface area contributed by atoms with E-state index in [1.54, 1.807) is 0 Å². The molecule has 18 heavy (non-hydrogen) atoms. The van der Waals surface area contributed by atoms with E-state index >= 15 is 0 Å². The van der Waals surface area contributed by atoms with Crippen LogP contribution in [0.3, 0.4) is 0 Å². The molecule has 2 fully saturated rings. The van der Waals surface area contributed by atoms with E-state index in [0.29, 0.717) is 13.1 Å². The van der Waals surface area contributed by atoms with Crippen molar-refractivity contribution in [3.05, 3.63) is 0 Å². The first kappa shape index (κ1) is 13.5. The van der Waals surface area contributed by atoms with Gasteiger partial charge in [0, 0.05) is 19.1 Å². The number of carbonyl (C=O) groups excluding carboxylic acids is 1. The highest BCUT2D eigenvalue weighted by Gasteiger charge is 2.35. The molecule has 0 aromatic heterocycles. The third-order valence-corrected chi connectivity index (χ3v) is 3.44. The normalized spacial score (nSPS) is 25.7. The molecule has 0 N–H and O–H groups in total. The smallest absolute Gasteiger partial charge is 0.422 e. The number of rotatable bonds is 2. The first-order valence-electron chi connectivity index (χ1n) is 6.18. The van der Waals surface area contributed by atoms with Gasteiger partial charge in [0.25, 0.3) is 0 Å². The molecule has 0 aromatic carbocycles. The summed E-state index contributed by atoms with van der Waals surface area (Å²) in [6.07, 6.45) is -2.16. The van der Waals surface area contributed by atoms with E-state index in [1.165, 1.54) is 4.90 Å². The fourth-order valence-corrected chi connectivity index (χ4v) is 2.55. The van der Waals surface area contributed by atoms with Gasteiger partial charge in [0.2, 0.25) is 0 Å². The molecule has 2 saturated heterocycles. The lowest BCUT2D eigenvalue weighted by Gasteiger charge is -2.23. The molecule has 0 bridgehead atoms. The summed E-state index contributed by atoms with van der Waals surface area (Å²) in [6.45, 7) is 1.51. The van der Waals surface area contributed by atoms with Crippen LogP contribution in [0.1, 0.15) is 19.3 Å². The Hall–Kier alpha value is -0.980. The minimum absolute atomic E-state index is 0.283. The number of hydrogen-bond acceptors (Lipinski definition) is 3. The molecule has 0 aromatic rings. The van der Waals surface area contributed by atoms with E-state index in [2.05, 4.69) is 9.64 Å². The molecule has 7 heteroatoms. The number of alkyl halides is 3. The number of likely N-dealkylation sites (tertiary alicyclic amines) is 2. The first-order chi connectivity index (χ1) is 8.46. The zero-order valence-electron chi connectivity index (χ0n) is 10.1. The number of nitrogens with zero attached hydrogens (tertiary/aromatic N) is 2. The van der Waals surface area contributed by atoms with E-state index in [-0.39, 0.29) is 6.04 Å². The van der Waals surface area contributed by atoms with Gasteiger partial charge < -0.3 is 9.64 Å². The van der Waals surface area contributed by atoms with Crippen molar-refractivity contribution in [2.75, 3.05) is 32.8 Å². The maximum Gasteiger partial charge on any atom is 0.422 e. The molecule has 104 valence electrons. The van der Waals surface area contributed by atoms with Crippen LogP contribution in [0.15, 0.2) is 0 Å². The Morgan fingerprint density at radius 3 is 2.50 bits per heavy atom. The SMILES string of the molecule is O=C(OCC(F)(F)F)N1CCC(N2CCCC2)C1. The number of carbonyl (C=O) groups is 1. The van der Waals surface area contributed by atoms with Crippen molar-refractivity contribution in [3.63, 3.8) is 0 Å². The van der Waals surface area contributed by atoms with Gasteiger partial charge in [-0.3, -0.25) is 4.90 Å². The minimum Gasteiger partial charge on any atom is -0.440 e. The fraction of sp³-hybridized carbons (Fsp3) is 0.909. The summed E-state index contributed by atoms with van der Waals surface area (Å²) >= 11 is 0. The van der Waals surface area contributed by atoms with Gasteiger partial charge in [0.05, 0.1) is 0 Å². The Morgan fingerprint density at radius 2 is 1.89 bits per heavy atom. The molecule has 0 spiro atoms. The molecule has 2 rings (SSSR count). The second-order valence-electron chi connectivity index (χ2n) is 4.80. The van der Waals surface area contributed by atoms with E-state index in [0.717, 1.165) is 32.4 Å². The van der Waals surface area contributed by atoms with Crippen LogP contribution in [0.2, 0.25) is 0 Å². The van der Waals surface area contributed by atoms with Crippen LogP contribution in [0.4, 0.5) is 18.0 Å². The average molecular weight is 266 g/mol. The summed E-state index contributed by atoms with van der Waals surface area (Å²) in [6, 6.07) is 0.283. The zero-order chi connectivity index (χ0) is 13.2. The summed E-state index contributed by atoms with van der Waals surface area (Å²) in [5.41, 5.74) is 0. The van der Waals surface area contributed by atoms with Gasteiger partial charge in [-0.2, -0.15) is 13.2 Å². The number of hydrogen-bond donors (Lipinski definition) is 0. The molecule has 1 unspecified atom stereocenters. The summed E-state index contributed by atoms with van der Waals surface area (Å²) < 4.78 is 40.0. The molecular formula is C11H17F3N2O2. The van der Waals surface area contributed by atoms with Crippen LogP contribution in [-0.2, 0) is 4.74 Å². The standard InChI is InChI=1S/C11H17F3N2O2/c12-11(13,14)8-18-10(17)16-6-3-9(7-16)15-4-1-2-5-15/h9H,1-8H2. The number of amides is 1. The molecule has 2 aliphatic rings. The summed E-state index contributed by atoms with van der Waals surface area (Å²) in [7, 11) is 0. The third-order valence-electron chi connectivity index (χ3n) is 3.44. The Balaban J connectivity index is 1.75. The van der Waals surface area contributed by atoms with E-state index in [1.807, 2.05) is 0 Å². The molecule has 0 saturated carbocycles. The van der Waals surface area contributed by atoms with E-state index < -0.39 is 18.9 Å². The van der Waals surface area contributed by atoms with Gasteiger partial charge in [-0.15, -0.1) is 0 Å². The van der Waals surface area contributed by atoms with Gasteiger partial charge in [-0.05, 0) is 32.4 Å². The second-order valence-corrected chi connectivity index (χ2v) is 4.80. The predicted octanol–water partition coefficient (Wildman–Crippen LogP) is 1.86.